The first-order chi connectivity index (χ1) is 5.88. The van der Waals surface area contributed by atoms with E-state index in [9.17, 15) is 0 Å². The van der Waals surface area contributed by atoms with Gasteiger partial charge in [-0.3, -0.25) is 0 Å². The van der Waals surface area contributed by atoms with Gasteiger partial charge >= 0.3 is 0 Å². The van der Waals surface area contributed by atoms with E-state index >= 15 is 0 Å². The molecule has 0 heteroatoms. The quantitative estimate of drug-likeness (QED) is 0.551. The molecule has 0 aromatic heterocycles. The van der Waals surface area contributed by atoms with Crippen molar-refractivity contribution in [3.05, 3.63) is 5.92 Å². The summed E-state index contributed by atoms with van der Waals surface area (Å²) < 4.78 is 0. The molecule has 0 nitrogen and oxygen atoms in total. The van der Waals surface area contributed by atoms with E-state index in [-0.39, 0.29) is 0 Å². The Labute approximate surface area is 76.7 Å². The highest BCUT2D eigenvalue weighted by Gasteiger charge is 2.39. The fraction of sp³-hybridized carbons (Fsp3) is 0.917. The summed E-state index contributed by atoms with van der Waals surface area (Å²) >= 11 is 0. The van der Waals surface area contributed by atoms with Gasteiger partial charge in [-0.05, 0) is 24.2 Å². The molecule has 0 bridgehead atoms. The Morgan fingerprint density at radius 1 is 0.917 bits per heavy atom. The summed E-state index contributed by atoms with van der Waals surface area (Å²) in [4.78, 5) is 0. The first-order valence-corrected chi connectivity index (χ1v) is 5.70. The van der Waals surface area contributed by atoms with Crippen molar-refractivity contribution < 1.29 is 0 Å². The van der Waals surface area contributed by atoms with Crippen LogP contribution in [0.25, 0.3) is 0 Å². The Kier molecular flexibility index (Phi) is 2.73. The van der Waals surface area contributed by atoms with E-state index in [4.69, 9.17) is 0 Å². The highest BCUT2D eigenvalue weighted by molar-refractivity contribution is 5.12. The third kappa shape index (κ3) is 2.02. The smallest absolute Gasteiger partial charge is 0.0235 e. The summed E-state index contributed by atoms with van der Waals surface area (Å²) in [6.45, 7) is 2.35. The second kappa shape index (κ2) is 3.81. The van der Waals surface area contributed by atoms with E-state index in [1.807, 2.05) is 0 Å². The molecule has 2 rings (SSSR count). The van der Waals surface area contributed by atoms with Gasteiger partial charge in [0.25, 0.3) is 0 Å². The molecule has 0 spiro atoms. The molecule has 0 aromatic carbocycles. The van der Waals surface area contributed by atoms with Gasteiger partial charge in [0.1, 0.15) is 0 Å². The summed E-state index contributed by atoms with van der Waals surface area (Å²) in [7, 11) is 0. The molecule has 0 heterocycles. The van der Waals surface area contributed by atoms with Crippen LogP contribution in [-0.4, -0.2) is 0 Å². The van der Waals surface area contributed by atoms with Gasteiger partial charge in [0.2, 0.25) is 0 Å². The van der Waals surface area contributed by atoms with Crippen molar-refractivity contribution in [2.45, 2.75) is 58.3 Å². The number of rotatable bonds is 1. The molecule has 1 radical (unpaired) electrons. The maximum Gasteiger partial charge on any atom is -0.0235 e. The molecule has 69 valence electrons. The van der Waals surface area contributed by atoms with Gasteiger partial charge in [-0.1, -0.05) is 51.9 Å². The lowest BCUT2D eigenvalue weighted by atomic mass is 9.87. The van der Waals surface area contributed by atoms with Crippen molar-refractivity contribution in [2.24, 2.45) is 11.8 Å². The second-order valence-corrected chi connectivity index (χ2v) is 4.76. The van der Waals surface area contributed by atoms with Crippen molar-refractivity contribution >= 4 is 0 Å². The topological polar surface area (TPSA) is 0 Å². The predicted octanol–water partition coefficient (Wildman–Crippen LogP) is 3.96. The molecule has 0 saturated heterocycles. The molecule has 1 unspecified atom stereocenters. The maximum absolute atomic E-state index is 2.35. The summed E-state index contributed by atoms with van der Waals surface area (Å²) in [5, 5.41) is 0. The molecule has 2 aliphatic carbocycles. The first-order valence-electron chi connectivity index (χ1n) is 5.70. The highest BCUT2D eigenvalue weighted by Crippen LogP contribution is 2.49. The average molecular weight is 165 g/mol. The van der Waals surface area contributed by atoms with Gasteiger partial charge in [0.05, 0.1) is 0 Å². The van der Waals surface area contributed by atoms with Gasteiger partial charge in [0, 0.05) is 0 Å². The van der Waals surface area contributed by atoms with Gasteiger partial charge < -0.3 is 0 Å². The van der Waals surface area contributed by atoms with Crippen LogP contribution in [0.1, 0.15) is 58.3 Å². The maximum atomic E-state index is 2.35. The summed E-state index contributed by atoms with van der Waals surface area (Å²) in [6, 6.07) is 0. The van der Waals surface area contributed by atoms with Crippen LogP contribution >= 0.6 is 0 Å². The van der Waals surface area contributed by atoms with Crippen LogP contribution in [-0.2, 0) is 0 Å². The number of hydrogen-bond acceptors (Lipinski definition) is 0. The summed E-state index contributed by atoms with van der Waals surface area (Å²) in [5.74, 6) is 3.94. The predicted molar refractivity (Wildman–Crippen MR) is 52.8 cm³/mol. The molecule has 2 saturated carbocycles. The van der Waals surface area contributed by atoms with Crippen LogP contribution in [0.15, 0.2) is 0 Å². The summed E-state index contributed by atoms with van der Waals surface area (Å²) in [6.07, 6.45) is 12.0. The lowest BCUT2D eigenvalue weighted by molar-refractivity contribution is 0.346. The largest absolute Gasteiger partial charge is 0.0588 e. The highest BCUT2D eigenvalue weighted by atomic mass is 14.4. The fourth-order valence-corrected chi connectivity index (χ4v) is 2.75. The van der Waals surface area contributed by atoms with Gasteiger partial charge in [-0.2, -0.15) is 0 Å². The zero-order valence-corrected chi connectivity index (χ0v) is 8.31. The minimum atomic E-state index is 1.06. The molecular weight excluding hydrogens is 144 g/mol. The number of hydrogen-bond donors (Lipinski definition) is 0. The van der Waals surface area contributed by atoms with E-state index in [1.165, 1.54) is 51.4 Å². The van der Waals surface area contributed by atoms with Gasteiger partial charge in [-0.15, -0.1) is 0 Å². The minimum absolute atomic E-state index is 1.06. The van der Waals surface area contributed by atoms with Crippen molar-refractivity contribution in [3.63, 3.8) is 0 Å². The molecule has 12 heavy (non-hydrogen) atoms. The summed E-state index contributed by atoms with van der Waals surface area (Å²) in [5.41, 5.74) is 0. The lowest BCUT2D eigenvalue weighted by Crippen LogP contribution is -2.06. The fourth-order valence-electron chi connectivity index (χ4n) is 2.75. The molecule has 1 atom stereocenters. The van der Waals surface area contributed by atoms with Crippen molar-refractivity contribution in [3.8, 4) is 0 Å². The SMILES string of the molecule is C[C]1CC1C1CCCCCCC1. The second-order valence-electron chi connectivity index (χ2n) is 4.76. The van der Waals surface area contributed by atoms with Gasteiger partial charge in [0.15, 0.2) is 0 Å². The molecule has 2 fully saturated rings. The van der Waals surface area contributed by atoms with E-state index in [2.05, 4.69) is 6.92 Å². The van der Waals surface area contributed by atoms with Crippen LogP contribution in [0.2, 0.25) is 0 Å². The average Bonchev–Trinajstić information content (AvgIpc) is 2.65. The normalized spacial score (nSPS) is 34.2. The zero-order chi connectivity index (χ0) is 8.39. The Bertz CT molecular complexity index is 131. The van der Waals surface area contributed by atoms with E-state index in [0.717, 1.165) is 11.8 Å². The molecule has 0 amide bonds. The zero-order valence-electron chi connectivity index (χ0n) is 8.31. The minimum Gasteiger partial charge on any atom is -0.0588 e. The van der Waals surface area contributed by atoms with Gasteiger partial charge in [-0.25, -0.2) is 0 Å². The van der Waals surface area contributed by atoms with E-state index < -0.39 is 0 Å². The third-order valence-electron chi connectivity index (χ3n) is 3.73. The molecule has 0 N–H and O–H groups in total. The van der Waals surface area contributed by atoms with Crippen molar-refractivity contribution in [1.82, 2.24) is 0 Å². The first kappa shape index (κ1) is 8.59. The van der Waals surface area contributed by atoms with Crippen molar-refractivity contribution in [2.75, 3.05) is 0 Å². The monoisotopic (exact) mass is 165 g/mol. The lowest BCUT2D eigenvalue weighted by Gasteiger charge is -2.19. The van der Waals surface area contributed by atoms with E-state index in [1.54, 1.807) is 5.92 Å². The Morgan fingerprint density at radius 3 is 1.92 bits per heavy atom. The van der Waals surface area contributed by atoms with Crippen LogP contribution < -0.4 is 0 Å². The van der Waals surface area contributed by atoms with E-state index in [0.29, 0.717) is 0 Å². The van der Waals surface area contributed by atoms with Crippen LogP contribution in [0.4, 0.5) is 0 Å². The molecule has 0 aliphatic heterocycles. The Balaban J connectivity index is 1.78. The van der Waals surface area contributed by atoms with Crippen LogP contribution in [0.3, 0.4) is 0 Å². The molecule has 0 aromatic rings. The van der Waals surface area contributed by atoms with Crippen LogP contribution in [0.5, 0.6) is 0 Å². The van der Waals surface area contributed by atoms with Crippen LogP contribution in [0, 0.1) is 17.8 Å². The Morgan fingerprint density at radius 2 is 1.42 bits per heavy atom. The standard InChI is InChI=1S/C12H21/c1-10-9-12(10)11-7-5-3-2-4-6-8-11/h11-12H,2-9H2,1H3. The Hall–Kier alpha value is 0. The molecule has 2 aliphatic rings. The molecular formula is C12H21. The third-order valence-corrected chi connectivity index (χ3v) is 3.73. The van der Waals surface area contributed by atoms with Crippen molar-refractivity contribution in [1.29, 1.82) is 0 Å².